The van der Waals surface area contributed by atoms with E-state index in [9.17, 15) is 14.4 Å². The largest absolute Gasteiger partial charge is 0.490 e. The van der Waals surface area contributed by atoms with Crippen molar-refractivity contribution < 1.29 is 23.9 Å². The minimum atomic E-state index is -0.471. The van der Waals surface area contributed by atoms with Gasteiger partial charge >= 0.3 is 0 Å². The lowest BCUT2D eigenvalue weighted by molar-refractivity contribution is -0.126. The van der Waals surface area contributed by atoms with Crippen molar-refractivity contribution in [2.24, 2.45) is 0 Å². The van der Waals surface area contributed by atoms with E-state index in [0.717, 1.165) is 11.3 Å². The number of rotatable bonds is 11. The van der Waals surface area contributed by atoms with Crippen molar-refractivity contribution in [2.75, 3.05) is 13.2 Å². The molecule has 0 heterocycles. The molecule has 0 aliphatic heterocycles. The predicted molar refractivity (Wildman–Crippen MR) is 127 cm³/mol. The standard InChI is InChI=1S/C26H27N3O5/c30-24(27-19-20-7-3-1-4-8-20)15-16-25(31)28-29-26(32)21-11-13-23(14-12-21)34-18-17-33-22-9-5-2-6-10-22/h1-14H,15-19H2,(H,27,30)(H,28,31)(H,29,32). The summed E-state index contributed by atoms with van der Waals surface area (Å²) < 4.78 is 11.2. The van der Waals surface area contributed by atoms with Crippen molar-refractivity contribution in [3.05, 3.63) is 96.1 Å². The van der Waals surface area contributed by atoms with Crippen molar-refractivity contribution >= 4 is 17.7 Å². The molecule has 0 aromatic heterocycles. The summed E-state index contributed by atoms with van der Waals surface area (Å²) in [6, 6.07) is 25.4. The van der Waals surface area contributed by atoms with Crippen LogP contribution in [0, 0.1) is 0 Å². The first-order valence-electron chi connectivity index (χ1n) is 10.9. The number of para-hydroxylation sites is 1. The maximum atomic E-state index is 12.2. The van der Waals surface area contributed by atoms with Crippen molar-refractivity contribution in [1.29, 1.82) is 0 Å². The number of carbonyl (C=O) groups excluding carboxylic acids is 3. The second kappa shape index (κ2) is 13.3. The smallest absolute Gasteiger partial charge is 0.269 e. The molecule has 0 fully saturated rings. The minimum absolute atomic E-state index is 0.0224. The van der Waals surface area contributed by atoms with E-state index in [4.69, 9.17) is 9.47 Å². The number of hydrogen-bond acceptors (Lipinski definition) is 5. The Balaban J connectivity index is 1.30. The first-order chi connectivity index (χ1) is 16.6. The molecule has 8 heteroatoms. The Morgan fingerprint density at radius 1 is 0.618 bits per heavy atom. The maximum Gasteiger partial charge on any atom is 0.269 e. The molecule has 0 atom stereocenters. The van der Waals surface area contributed by atoms with Gasteiger partial charge in [-0.1, -0.05) is 48.5 Å². The molecule has 34 heavy (non-hydrogen) atoms. The van der Waals surface area contributed by atoms with Gasteiger partial charge in [0.05, 0.1) is 0 Å². The maximum absolute atomic E-state index is 12.2. The molecule has 8 nitrogen and oxygen atoms in total. The Labute approximate surface area is 198 Å². The number of ether oxygens (including phenoxy) is 2. The van der Waals surface area contributed by atoms with Crippen LogP contribution in [0.1, 0.15) is 28.8 Å². The average molecular weight is 462 g/mol. The van der Waals surface area contributed by atoms with Crippen LogP contribution in [0.2, 0.25) is 0 Å². The Bertz CT molecular complexity index is 1060. The fraction of sp³-hybridized carbons (Fsp3) is 0.192. The second-order valence-corrected chi connectivity index (χ2v) is 7.30. The lowest BCUT2D eigenvalue weighted by Gasteiger charge is -2.10. The van der Waals surface area contributed by atoms with Crippen LogP contribution >= 0.6 is 0 Å². The summed E-state index contributed by atoms with van der Waals surface area (Å²) in [7, 11) is 0. The van der Waals surface area contributed by atoms with Crippen molar-refractivity contribution in [2.45, 2.75) is 19.4 Å². The van der Waals surface area contributed by atoms with E-state index in [1.165, 1.54) is 0 Å². The zero-order valence-electron chi connectivity index (χ0n) is 18.7. The molecule has 3 aromatic carbocycles. The highest BCUT2D eigenvalue weighted by molar-refractivity contribution is 5.95. The van der Waals surface area contributed by atoms with Gasteiger partial charge < -0.3 is 14.8 Å². The molecule has 0 saturated heterocycles. The van der Waals surface area contributed by atoms with E-state index >= 15 is 0 Å². The molecule has 176 valence electrons. The molecule has 3 N–H and O–H groups in total. The molecule has 0 saturated carbocycles. The zero-order valence-corrected chi connectivity index (χ0v) is 18.7. The Morgan fingerprint density at radius 2 is 1.18 bits per heavy atom. The van der Waals surface area contributed by atoms with Crippen LogP contribution in [-0.2, 0) is 16.1 Å². The number of nitrogens with one attached hydrogen (secondary N) is 3. The summed E-state index contributed by atoms with van der Waals surface area (Å²) in [6.07, 6.45) is -0.0205. The van der Waals surface area contributed by atoms with Gasteiger partial charge in [0.2, 0.25) is 11.8 Å². The van der Waals surface area contributed by atoms with Gasteiger partial charge in [-0.05, 0) is 42.0 Å². The third-order valence-corrected chi connectivity index (χ3v) is 4.71. The molecular weight excluding hydrogens is 434 g/mol. The lowest BCUT2D eigenvalue weighted by Crippen LogP contribution is -2.42. The second-order valence-electron chi connectivity index (χ2n) is 7.30. The van der Waals surface area contributed by atoms with Crippen molar-refractivity contribution in [3.63, 3.8) is 0 Å². The third kappa shape index (κ3) is 8.66. The van der Waals surface area contributed by atoms with Gasteiger partial charge in [-0.25, -0.2) is 0 Å². The van der Waals surface area contributed by atoms with Gasteiger partial charge in [0.25, 0.3) is 5.91 Å². The highest BCUT2D eigenvalue weighted by atomic mass is 16.5. The molecule has 0 aliphatic rings. The molecule has 0 radical (unpaired) electrons. The highest BCUT2D eigenvalue weighted by Gasteiger charge is 2.10. The number of benzene rings is 3. The Kier molecular flexibility index (Phi) is 9.49. The molecule has 3 rings (SSSR count). The number of hydrogen-bond donors (Lipinski definition) is 3. The molecular formula is C26H27N3O5. The van der Waals surface area contributed by atoms with Crippen LogP contribution in [0.25, 0.3) is 0 Å². The van der Waals surface area contributed by atoms with Crippen LogP contribution in [-0.4, -0.2) is 30.9 Å². The fourth-order valence-corrected chi connectivity index (χ4v) is 2.91. The molecule has 0 spiro atoms. The molecule has 3 aromatic rings. The van der Waals surface area contributed by atoms with Crippen LogP contribution in [0.4, 0.5) is 0 Å². The summed E-state index contributed by atoms with van der Waals surface area (Å²) in [6.45, 7) is 1.15. The van der Waals surface area contributed by atoms with Crippen LogP contribution < -0.4 is 25.6 Å². The van der Waals surface area contributed by atoms with E-state index in [1.54, 1.807) is 24.3 Å². The van der Waals surface area contributed by atoms with Crippen LogP contribution in [0.3, 0.4) is 0 Å². The minimum Gasteiger partial charge on any atom is -0.490 e. The van der Waals surface area contributed by atoms with Gasteiger partial charge in [0.15, 0.2) is 0 Å². The van der Waals surface area contributed by atoms with E-state index in [1.807, 2.05) is 60.7 Å². The monoisotopic (exact) mass is 461 g/mol. The highest BCUT2D eigenvalue weighted by Crippen LogP contribution is 2.13. The SMILES string of the molecule is O=C(CCC(=O)NNC(=O)c1ccc(OCCOc2ccccc2)cc1)NCc1ccccc1. The van der Waals surface area contributed by atoms with Crippen molar-refractivity contribution in [1.82, 2.24) is 16.2 Å². The summed E-state index contributed by atoms with van der Waals surface area (Å²) in [4.78, 5) is 36.0. The fourth-order valence-electron chi connectivity index (χ4n) is 2.91. The van der Waals surface area contributed by atoms with E-state index < -0.39 is 11.8 Å². The summed E-state index contributed by atoms with van der Waals surface area (Å²) in [5.74, 6) is 0.198. The quantitative estimate of drug-likeness (QED) is 0.301. The Morgan fingerprint density at radius 3 is 1.82 bits per heavy atom. The summed E-state index contributed by atoms with van der Waals surface area (Å²) >= 11 is 0. The van der Waals surface area contributed by atoms with Gasteiger partial charge in [-0.15, -0.1) is 0 Å². The van der Waals surface area contributed by atoms with Crippen molar-refractivity contribution in [3.8, 4) is 11.5 Å². The van der Waals surface area contributed by atoms with Gasteiger partial charge in [-0.3, -0.25) is 25.2 Å². The molecule has 3 amide bonds. The first-order valence-corrected chi connectivity index (χ1v) is 10.9. The van der Waals surface area contributed by atoms with E-state index in [2.05, 4.69) is 16.2 Å². The predicted octanol–water partition coefficient (Wildman–Crippen LogP) is 3.00. The number of amides is 3. The molecule has 0 unspecified atom stereocenters. The average Bonchev–Trinajstić information content (AvgIpc) is 2.89. The van der Waals surface area contributed by atoms with Gasteiger partial charge in [-0.2, -0.15) is 0 Å². The normalized spacial score (nSPS) is 10.1. The van der Waals surface area contributed by atoms with Gasteiger partial charge in [0, 0.05) is 24.9 Å². The van der Waals surface area contributed by atoms with Crippen LogP contribution in [0.15, 0.2) is 84.9 Å². The van der Waals surface area contributed by atoms with Gasteiger partial charge in [0.1, 0.15) is 24.7 Å². The third-order valence-electron chi connectivity index (χ3n) is 4.71. The van der Waals surface area contributed by atoms with E-state index in [0.29, 0.717) is 31.1 Å². The summed E-state index contributed by atoms with van der Waals surface area (Å²) in [5, 5.41) is 2.75. The number of hydrazine groups is 1. The number of carbonyl (C=O) groups is 3. The summed E-state index contributed by atoms with van der Waals surface area (Å²) in [5.41, 5.74) is 5.99. The molecule has 0 aliphatic carbocycles. The molecule has 0 bridgehead atoms. The first kappa shape index (κ1) is 24.3. The Hall–Kier alpha value is -4.33. The zero-order chi connectivity index (χ0) is 24.0. The van der Waals surface area contributed by atoms with E-state index in [-0.39, 0.29) is 18.7 Å². The lowest BCUT2D eigenvalue weighted by atomic mass is 10.2. The van der Waals surface area contributed by atoms with Crippen LogP contribution in [0.5, 0.6) is 11.5 Å². The topological polar surface area (TPSA) is 106 Å².